The first kappa shape index (κ1) is 75.2. The summed E-state index contributed by atoms with van der Waals surface area (Å²) in [6.07, 6.45) is -34.5. The van der Waals surface area contributed by atoms with E-state index in [1.54, 1.807) is 0 Å². The van der Waals surface area contributed by atoms with E-state index in [1.807, 2.05) is 9.97 Å². The van der Waals surface area contributed by atoms with Crippen LogP contribution < -0.4 is 50.8 Å². The van der Waals surface area contributed by atoms with E-state index in [1.165, 1.54) is 0 Å². The molecule has 5 saturated heterocycles. The number of aliphatic hydroxyl groups is 7. The van der Waals surface area contributed by atoms with E-state index >= 15 is 0 Å². The van der Waals surface area contributed by atoms with Gasteiger partial charge in [-0.25, -0.2) is 52.8 Å². The van der Waals surface area contributed by atoms with E-state index in [9.17, 15) is 102 Å². The number of nitrogen functional groups attached to an aromatic ring is 3. The Morgan fingerprint density at radius 3 is 1.14 bits per heavy atom. The molecule has 8 aromatic heterocycles. The first-order valence-corrected chi connectivity index (χ1v) is 36.2. The number of nitrogens with two attached hydrogens (primary N) is 3. The zero-order valence-corrected chi connectivity index (χ0v) is 56.0. The summed E-state index contributed by atoms with van der Waals surface area (Å²) in [5, 5.41) is 78.7. The SMILES string of the molecule is Nc1nc2c(ncn2[C@@H]2O[C@H](COP(=O)(O)O[C@H]3[C@@H](O)[C@H](n4ccc(=O)[nH]c4=O)O[C@@H]3COP(=O)(O)O[C@H]3[C@@H](O)[C@H](n4cnc5c(=O)[nH]c(N)nc54)O[C@@H]3COP(=O)(O)O[C@H]3[C@@H](O)[C@H](n4cnc5c(N)ncnc54)O[C@@H]3COP(=O)(O)O[C@H]3[C@@H](O)[C@H](n4ccc(=O)[nH]c4=O)O[C@@H]3CO)[C@@H](O)[C@H]2O)c(=O)[nH]1. The lowest BCUT2D eigenvalue weighted by Crippen LogP contribution is -2.39. The van der Waals surface area contributed by atoms with E-state index < -0.39 is 238 Å². The average molecular weight is 1570 g/mol. The van der Waals surface area contributed by atoms with Gasteiger partial charge in [0.2, 0.25) is 11.9 Å². The van der Waals surface area contributed by atoms with Gasteiger partial charge in [0.15, 0.2) is 64.9 Å². The predicted octanol–water partition coefficient (Wildman–Crippen LogP) is -8.41. The standard InChI is InChI=1S/C48H59N19O34P4/c49-34-21-35(53-10-52-34)65(11-54-21)43-28(75)32(17(96-43)8-90-103(83,84)98-30-14(5-68)93-41(26(30)73)63-3-1-19(69)57-47(63)79)100-105(87,88)92-9-18-33(29(76)44(97-18)67-13-56-23-37(67)60-46(51)62-39(23)78)101-104(85,86)91-7-16-31(27(74)42(95-16)64-4-2-20(70)58-48(64)80)99-102(81,82)89-6-15-24(71)25(72)40(94-15)66-12-55-22-36(66)59-45(50)61-38(22)77/h1-4,10-18,24-33,40-44,68,71-76H,5-9H2,(H,81,82)(H,83,84)(H,85,86)(H,87,88)(H2,49,52,53)(H,57,69,79)(H,58,70,80)(H3,50,59,61,77)(H3,51,60,62,78)/t14-,15-,16-,17-,18-,24-,25-,26-,27-,28-,29-,30-,31-,32-,33-,40-,41-,42-,43-,44-/m1/s1. The van der Waals surface area contributed by atoms with Crippen molar-refractivity contribution in [2.75, 3.05) is 50.2 Å². The number of fused-ring (bicyclic) bond motifs is 3. The van der Waals surface area contributed by atoms with Crippen molar-refractivity contribution in [3.63, 3.8) is 0 Å². The number of phosphoric ester groups is 4. The van der Waals surface area contributed by atoms with Gasteiger partial charge in [-0.3, -0.25) is 98.1 Å². The number of imidazole rings is 3. The minimum Gasteiger partial charge on any atom is -0.394 e. The Labute approximate surface area is 577 Å². The van der Waals surface area contributed by atoms with E-state index in [0.717, 1.165) is 63.5 Å². The van der Waals surface area contributed by atoms with Crippen LogP contribution in [-0.2, 0) is 78.1 Å². The van der Waals surface area contributed by atoms with Gasteiger partial charge in [0.25, 0.3) is 22.2 Å². The molecular weight excluding hydrogens is 1510 g/mol. The Hall–Kier alpha value is -8.03. The molecule has 0 saturated carbocycles. The molecule has 8 aromatic rings. The first-order valence-electron chi connectivity index (χ1n) is 30.2. The molecular formula is C48H59N19O34P4. The average Bonchev–Trinajstić information content (AvgIpc) is 1.63. The van der Waals surface area contributed by atoms with Crippen molar-refractivity contribution in [2.45, 2.75) is 123 Å². The summed E-state index contributed by atoms with van der Waals surface area (Å²) in [4.78, 5) is 156. The highest BCUT2D eigenvalue weighted by Gasteiger charge is 2.56. The van der Waals surface area contributed by atoms with Gasteiger partial charge in [-0.15, -0.1) is 0 Å². The fourth-order valence-corrected chi connectivity index (χ4v) is 15.8. The minimum atomic E-state index is -5.92. The maximum atomic E-state index is 14.3. The van der Waals surface area contributed by atoms with Gasteiger partial charge in [0.1, 0.15) is 103 Å². The fraction of sp³-hybridized carbons (Fsp3) is 0.521. The van der Waals surface area contributed by atoms with Crippen LogP contribution in [0.1, 0.15) is 31.1 Å². The Morgan fingerprint density at radius 1 is 0.419 bits per heavy atom. The van der Waals surface area contributed by atoms with Gasteiger partial charge in [-0.1, -0.05) is 0 Å². The number of nitrogens with one attached hydrogen (secondary N) is 4. The van der Waals surface area contributed by atoms with Crippen LogP contribution in [0.2, 0.25) is 0 Å². The van der Waals surface area contributed by atoms with Crippen LogP contribution in [0.25, 0.3) is 33.5 Å². The molecule has 0 spiro atoms. The molecule has 0 bridgehead atoms. The van der Waals surface area contributed by atoms with Gasteiger partial charge < -0.3 is 96.2 Å². The molecule has 4 unspecified atom stereocenters. The van der Waals surface area contributed by atoms with Gasteiger partial charge >= 0.3 is 42.7 Å². The van der Waals surface area contributed by atoms with Crippen molar-refractivity contribution in [1.29, 1.82) is 0 Å². The summed E-state index contributed by atoms with van der Waals surface area (Å²) in [7, 11) is -23.1. The monoisotopic (exact) mass is 1570 g/mol. The number of nitrogens with zero attached hydrogens (tertiary/aromatic N) is 12. The molecule has 53 nitrogen and oxygen atoms in total. The Kier molecular flexibility index (Phi) is 20.7. The zero-order chi connectivity index (χ0) is 75.3. The maximum absolute atomic E-state index is 14.3. The van der Waals surface area contributed by atoms with Crippen LogP contribution in [0.3, 0.4) is 0 Å². The highest BCUT2D eigenvalue weighted by atomic mass is 31.2. The van der Waals surface area contributed by atoms with Crippen molar-refractivity contribution in [3.05, 3.63) is 112 Å². The van der Waals surface area contributed by atoms with Gasteiger partial charge in [0, 0.05) is 24.5 Å². The van der Waals surface area contributed by atoms with Gasteiger partial charge in [0.05, 0.1) is 52.0 Å². The number of anilines is 3. The number of rotatable bonds is 26. The smallest absolute Gasteiger partial charge is 0.394 e. The molecule has 13 rings (SSSR count). The number of aromatic nitrogens is 16. The maximum Gasteiger partial charge on any atom is 0.472 e. The third kappa shape index (κ3) is 15.1. The molecule has 570 valence electrons. The number of H-pyrrole nitrogens is 4. The highest BCUT2D eigenvalue weighted by Crippen LogP contribution is 2.55. The lowest BCUT2D eigenvalue weighted by Gasteiger charge is -2.27. The predicted molar refractivity (Wildman–Crippen MR) is 333 cm³/mol. The zero-order valence-electron chi connectivity index (χ0n) is 52.4. The number of ether oxygens (including phenoxy) is 5. The lowest BCUT2D eigenvalue weighted by molar-refractivity contribution is -0.0651. The number of aliphatic hydroxyl groups excluding tert-OH is 7. The van der Waals surface area contributed by atoms with Crippen molar-refractivity contribution in [2.24, 2.45) is 0 Å². The van der Waals surface area contributed by atoms with Crippen molar-refractivity contribution >= 4 is 82.5 Å². The summed E-state index contributed by atoms with van der Waals surface area (Å²) in [6, 6.07) is 1.67. The van der Waals surface area contributed by atoms with Crippen LogP contribution in [0, 0.1) is 0 Å². The van der Waals surface area contributed by atoms with Crippen molar-refractivity contribution < 1.29 is 133 Å². The summed E-state index contributed by atoms with van der Waals surface area (Å²) in [5.41, 5.74) is 10.1. The summed E-state index contributed by atoms with van der Waals surface area (Å²) < 4.78 is 131. The molecule has 0 radical (unpaired) electrons. The quantitative estimate of drug-likeness (QED) is 0.0224. The number of aromatic amines is 4. The summed E-state index contributed by atoms with van der Waals surface area (Å²) >= 11 is 0. The van der Waals surface area contributed by atoms with Gasteiger partial charge in [-0.2, -0.15) is 9.97 Å². The number of hydrogen-bond donors (Lipinski definition) is 18. The molecule has 0 aromatic carbocycles. The van der Waals surface area contributed by atoms with Crippen molar-refractivity contribution in [3.8, 4) is 0 Å². The third-order valence-electron chi connectivity index (χ3n) is 16.7. The topological polar surface area (TPSA) is 769 Å². The fourth-order valence-electron chi connectivity index (χ4n) is 11.9. The third-order valence-corrected chi connectivity index (χ3v) is 20.7. The van der Waals surface area contributed by atoms with Gasteiger partial charge in [-0.05, 0) is 0 Å². The summed E-state index contributed by atoms with van der Waals surface area (Å²) in [6.45, 7) is -6.15. The second-order valence-electron chi connectivity index (χ2n) is 23.5. The second kappa shape index (κ2) is 28.9. The molecule has 13 heterocycles. The Balaban J connectivity index is 0.730. The van der Waals surface area contributed by atoms with E-state index in [0.29, 0.717) is 9.13 Å². The number of hydrogen-bond acceptors (Lipinski definition) is 40. The molecule has 5 fully saturated rings. The molecule has 0 amide bonds. The lowest BCUT2D eigenvalue weighted by atomic mass is 10.1. The van der Waals surface area contributed by atoms with Crippen LogP contribution in [0.5, 0.6) is 0 Å². The first-order chi connectivity index (χ1) is 49.6. The van der Waals surface area contributed by atoms with Crippen LogP contribution in [-0.4, -0.2) is 258 Å². The minimum absolute atomic E-state index is 0.0613. The molecule has 0 aliphatic carbocycles. The highest BCUT2D eigenvalue weighted by molar-refractivity contribution is 7.48. The van der Waals surface area contributed by atoms with E-state index in [4.69, 9.17) is 77.1 Å². The Bertz CT molecular complexity index is 5190. The normalized spacial score (nSPS) is 32.3. The van der Waals surface area contributed by atoms with Crippen LogP contribution in [0.15, 0.2) is 78.6 Å². The van der Waals surface area contributed by atoms with Crippen LogP contribution in [0.4, 0.5) is 17.7 Å². The van der Waals surface area contributed by atoms with Crippen LogP contribution >= 0.6 is 31.3 Å². The molecule has 24 atom stereocenters. The second-order valence-corrected chi connectivity index (χ2v) is 29.1. The van der Waals surface area contributed by atoms with E-state index in [-0.39, 0.29) is 34.1 Å². The van der Waals surface area contributed by atoms with E-state index in [2.05, 4.69) is 44.9 Å². The molecule has 57 heteroatoms. The number of phosphoric acid groups is 4. The Morgan fingerprint density at radius 2 is 0.752 bits per heavy atom. The summed E-state index contributed by atoms with van der Waals surface area (Å²) in [5.74, 6) is -1.05. The molecule has 21 N–H and O–H groups in total. The largest absolute Gasteiger partial charge is 0.472 e. The van der Waals surface area contributed by atoms with Crippen molar-refractivity contribution in [1.82, 2.24) is 77.7 Å². The molecule has 105 heavy (non-hydrogen) atoms. The molecule has 5 aliphatic rings. The molecule has 5 aliphatic heterocycles.